The predicted octanol–water partition coefficient (Wildman–Crippen LogP) is 2.84. The van der Waals surface area contributed by atoms with Crippen molar-refractivity contribution >= 4 is 33.8 Å². The summed E-state index contributed by atoms with van der Waals surface area (Å²) in [5.74, 6) is -0.537. The standard InChI is InChI=1S/C18H16BrFN2O4/c1-25-16-8-3-13(19)10-12(16)2-9-17(23)21-22-18(24)11-26-15-6-4-14(20)5-7-15/h2-10H,11H2,1H3,(H,21,23)(H,22,24)/b9-2+. The number of amides is 2. The molecule has 26 heavy (non-hydrogen) atoms. The predicted molar refractivity (Wildman–Crippen MR) is 97.9 cm³/mol. The molecule has 0 saturated heterocycles. The summed E-state index contributed by atoms with van der Waals surface area (Å²) in [6, 6.07) is 10.6. The molecule has 0 fully saturated rings. The molecule has 2 aromatic rings. The van der Waals surface area contributed by atoms with E-state index in [0.29, 0.717) is 17.1 Å². The van der Waals surface area contributed by atoms with Gasteiger partial charge in [0.05, 0.1) is 7.11 Å². The van der Waals surface area contributed by atoms with Gasteiger partial charge in [-0.25, -0.2) is 4.39 Å². The highest BCUT2D eigenvalue weighted by atomic mass is 79.9. The maximum Gasteiger partial charge on any atom is 0.276 e. The second-order valence-electron chi connectivity index (χ2n) is 5.00. The highest BCUT2D eigenvalue weighted by Crippen LogP contribution is 2.23. The summed E-state index contributed by atoms with van der Waals surface area (Å²) in [5, 5.41) is 0. The molecule has 2 aromatic carbocycles. The van der Waals surface area contributed by atoms with Crippen molar-refractivity contribution < 1.29 is 23.5 Å². The summed E-state index contributed by atoms with van der Waals surface area (Å²) in [5.41, 5.74) is 5.14. The lowest BCUT2D eigenvalue weighted by atomic mass is 10.2. The molecule has 0 heterocycles. The van der Waals surface area contributed by atoms with E-state index in [1.807, 2.05) is 6.07 Å². The van der Waals surface area contributed by atoms with E-state index >= 15 is 0 Å². The Morgan fingerprint density at radius 2 is 1.88 bits per heavy atom. The maximum atomic E-state index is 12.8. The highest BCUT2D eigenvalue weighted by Gasteiger charge is 2.05. The van der Waals surface area contributed by atoms with Crippen molar-refractivity contribution in [3.8, 4) is 11.5 Å². The van der Waals surface area contributed by atoms with Crippen LogP contribution in [-0.2, 0) is 9.59 Å². The Kier molecular flexibility index (Phi) is 7.16. The van der Waals surface area contributed by atoms with E-state index in [1.165, 1.54) is 37.5 Å². The quantitative estimate of drug-likeness (QED) is 0.554. The molecule has 2 N–H and O–H groups in total. The Labute approximate surface area is 158 Å². The lowest BCUT2D eigenvalue weighted by Gasteiger charge is -2.08. The molecule has 0 saturated carbocycles. The fourth-order valence-electron chi connectivity index (χ4n) is 1.89. The number of benzene rings is 2. The third-order valence-corrected chi connectivity index (χ3v) is 3.61. The van der Waals surface area contributed by atoms with Crippen LogP contribution < -0.4 is 20.3 Å². The van der Waals surface area contributed by atoms with Crippen LogP contribution in [0.4, 0.5) is 4.39 Å². The fourth-order valence-corrected chi connectivity index (χ4v) is 2.27. The molecule has 0 spiro atoms. The minimum Gasteiger partial charge on any atom is -0.496 e. The molecule has 2 rings (SSSR count). The van der Waals surface area contributed by atoms with Crippen LogP contribution in [0.25, 0.3) is 6.08 Å². The zero-order chi connectivity index (χ0) is 18.9. The topological polar surface area (TPSA) is 76.7 Å². The molecule has 2 amide bonds. The Morgan fingerprint density at radius 3 is 2.58 bits per heavy atom. The number of hydrogen-bond acceptors (Lipinski definition) is 4. The van der Waals surface area contributed by atoms with Gasteiger partial charge in [-0.1, -0.05) is 15.9 Å². The van der Waals surface area contributed by atoms with Gasteiger partial charge in [0.2, 0.25) is 0 Å². The van der Waals surface area contributed by atoms with Crippen LogP contribution in [0.2, 0.25) is 0 Å². The van der Waals surface area contributed by atoms with E-state index < -0.39 is 17.6 Å². The van der Waals surface area contributed by atoms with Gasteiger partial charge in [0, 0.05) is 16.1 Å². The van der Waals surface area contributed by atoms with Crippen molar-refractivity contribution in [1.29, 1.82) is 0 Å². The van der Waals surface area contributed by atoms with Crippen LogP contribution in [0.5, 0.6) is 11.5 Å². The van der Waals surface area contributed by atoms with E-state index in [2.05, 4.69) is 26.8 Å². The molecular formula is C18H16BrFN2O4. The zero-order valence-corrected chi connectivity index (χ0v) is 15.4. The van der Waals surface area contributed by atoms with Crippen molar-refractivity contribution in [2.75, 3.05) is 13.7 Å². The lowest BCUT2D eigenvalue weighted by molar-refractivity contribution is -0.128. The molecular weight excluding hydrogens is 407 g/mol. The lowest BCUT2D eigenvalue weighted by Crippen LogP contribution is -2.43. The van der Waals surface area contributed by atoms with Crippen LogP contribution in [0, 0.1) is 5.82 Å². The first kappa shape index (κ1) is 19.5. The van der Waals surface area contributed by atoms with Gasteiger partial charge in [-0.05, 0) is 48.5 Å². The normalized spacial score (nSPS) is 10.4. The van der Waals surface area contributed by atoms with Crippen molar-refractivity contribution in [2.24, 2.45) is 0 Å². The van der Waals surface area contributed by atoms with E-state index in [4.69, 9.17) is 9.47 Å². The molecule has 0 aliphatic heterocycles. The molecule has 8 heteroatoms. The summed E-state index contributed by atoms with van der Waals surface area (Å²) < 4.78 is 24.0. The van der Waals surface area contributed by atoms with E-state index in [-0.39, 0.29) is 6.61 Å². The Balaban J connectivity index is 1.80. The first-order valence-electron chi connectivity index (χ1n) is 7.47. The first-order valence-corrected chi connectivity index (χ1v) is 8.26. The number of halogens is 2. The van der Waals surface area contributed by atoms with Crippen molar-refractivity contribution in [1.82, 2.24) is 10.9 Å². The number of methoxy groups -OCH3 is 1. The molecule has 0 unspecified atom stereocenters. The van der Waals surface area contributed by atoms with Crippen molar-refractivity contribution in [3.05, 3.63) is 64.4 Å². The van der Waals surface area contributed by atoms with E-state index in [1.54, 1.807) is 18.2 Å². The third kappa shape index (κ3) is 6.21. The van der Waals surface area contributed by atoms with Gasteiger partial charge in [-0.3, -0.25) is 20.4 Å². The number of carbonyl (C=O) groups excluding carboxylic acids is 2. The van der Waals surface area contributed by atoms with E-state index in [0.717, 1.165) is 4.47 Å². The highest BCUT2D eigenvalue weighted by molar-refractivity contribution is 9.10. The molecule has 0 aliphatic rings. The minimum atomic E-state index is -0.559. The second kappa shape index (κ2) is 9.57. The van der Waals surface area contributed by atoms with Crippen LogP contribution >= 0.6 is 15.9 Å². The molecule has 136 valence electrons. The number of hydrazine groups is 1. The summed E-state index contributed by atoms with van der Waals surface area (Å²) in [6.45, 7) is -0.324. The monoisotopic (exact) mass is 422 g/mol. The molecule has 6 nitrogen and oxygen atoms in total. The SMILES string of the molecule is COc1ccc(Br)cc1/C=C/C(=O)NNC(=O)COc1ccc(F)cc1. The molecule has 0 radical (unpaired) electrons. The summed E-state index contributed by atoms with van der Waals surface area (Å²) in [4.78, 5) is 23.4. The van der Waals surface area contributed by atoms with Crippen LogP contribution in [-0.4, -0.2) is 25.5 Å². The summed E-state index contributed by atoms with van der Waals surface area (Å²) in [6.07, 6.45) is 2.81. The van der Waals surface area contributed by atoms with Gasteiger partial charge >= 0.3 is 0 Å². The maximum absolute atomic E-state index is 12.8. The zero-order valence-electron chi connectivity index (χ0n) is 13.8. The van der Waals surface area contributed by atoms with E-state index in [9.17, 15) is 14.0 Å². The Morgan fingerprint density at radius 1 is 1.15 bits per heavy atom. The van der Waals surface area contributed by atoms with Crippen molar-refractivity contribution in [2.45, 2.75) is 0 Å². The van der Waals surface area contributed by atoms with Gasteiger partial charge in [0.25, 0.3) is 11.8 Å². The summed E-state index contributed by atoms with van der Waals surface area (Å²) in [7, 11) is 1.53. The fraction of sp³-hybridized carbons (Fsp3) is 0.111. The first-order chi connectivity index (χ1) is 12.5. The van der Waals surface area contributed by atoms with Gasteiger partial charge in [-0.2, -0.15) is 0 Å². The third-order valence-electron chi connectivity index (χ3n) is 3.11. The number of carbonyl (C=O) groups is 2. The average Bonchev–Trinajstić information content (AvgIpc) is 2.64. The van der Waals surface area contributed by atoms with Gasteiger partial charge in [-0.15, -0.1) is 0 Å². The van der Waals surface area contributed by atoms with Gasteiger partial charge < -0.3 is 9.47 Å². The minimum absolute atomic E-state index is 0.324. The summed E-state index contributed by atoms with van der Waals surface area (Å²) >= 11 is 3.34. The van der Waals surface area contributed by atoms with Crippen LogP contribution in [0.15, 0.2) is 53.0 Å². The van der Waals surface area contributed by atoms with Gasteiger partial charge in [0.1, 0.15) is 17.3 Å². The van der Waals surface area contributed by atoms with Gasteiger partial charge in [0.15, 0.2) is 6.61 Å². The largest absolute Gasteiger partial charge is 0.496 e. The van der Waals surface area contributed by atoms with Crippen LogP contribution in [0.1, 0.15) is 5.56 Å². The number of nitrogens with one attached hydrogen (secondary N) is 2. The Bertz CT molecular complexity index is 809. The van der Waals surface area contributed by atoms with Crippen LogP contribution in [0.3, 0.4) is 0 Å². The number of ether oxygens (including phenoxy) is 2. The second-order valence-corrected chi connectivity index (χ2v) is 5.92. The Hall–Kier alpha value is -2.87. The molecule has 0 aromatic heterocycles. The number of rotatable bonds is 6. The van der Waals surface area contributed by atoms with Crippen molar-refractivity contribution in [3.63, 3.8) is 0 Å². The average molecular weight is 423 g/mol. The molecule has 0 aliphatic carbocycles. The smallest absolute Gasteiger partial charge is 0.276 e. The molecule has 0 atom stereocenters. The number of hydrogen-bond donors (Lipinski definition) is 2. The molecule has 0 bridgehead atoms.